The molecule has 6 rings (SSSR count). The van der Waals surface area contributed by atoms with Crippen LogP contribution >= 0.6 is 0 Å². The number of nitrogens with one attached hydrogen (secondary N) is 2. The fourth-order valence-corrected chi connectivity index (χ4v) is 6.13. The summed E-state index contributed by atoms with van der Waals surface area (Å²) in [6.45, 7) is 1.83. The summed E-state index contributed by atoms with van der Waals surface area (Å²) in [5.41, 5.74) is 0.400. The zero-order chi connectivity index (χ0) is 27.8. The van der Waals surface area contributed by atoms with E-state index in [-0.39, 0.29) is 42.5 Å². The quantitative estimate of drug-likeness (QED) is 0.399. The summed E-state index contributed by atoms with van der Waals surface area (Å²) in [4.78, 5) is 28.7. The lowest BCUT2D eigenvalue weighted by Gasteiger charge is -2.33. The Labute approximate surface area is 228 Å². The molecule has 2 atom stereocenters. The second-order valence-corrected chi connectivity index (χ2v) is 10.8. The molecule has 2 saturated heterocycles. The predicted octanol–water partition coefficient (Wildman–Crippen LogP) is 3.90. The molecule has 1 aliphatic carbocycles. The highest BCUT2D eigenvalue weighted by atomic mass is 19.1. The molecule has 3 N–H and O–H groups in total. The van der Waals surface area contributed by atoms with Crippen LogP contribution < -0.4 is 10.6 Å². The lowest BCUT2D eigenvalue weighted by Crippen LogP contribution is -2.42. The van der Waals surface area contributed by atoms with Crippen LogP contribution in [0.4, 0.5) is 30.8 Å². The Hall–Kier alpha value is -3.45. The summed E-state index contributed by atoms with van der Waals surface area (Å²) in [6.07, 6.45) is 6.55. The fourth-order valence-electron chi connectivity index (χ4n) is 6.13. The molecule has 13 heteroatoms. The van der Waals surface area contributed by atoms with Crippen LogP contribution in [0.5, 0.6) is 0 Å². The van der Waals surface area contributed by atoms with E-state index in [9.17, 15) is 23.1 Å². The molecular formula is C27H32F3N7O3. The van der Waals surface area contributed by atoms with E-state index in [0.717, 1.165) is 19.3 Å². The van der Waals surface area contributed by atoms with Gasteiger partial charge in [-0.05, 0) is 44.9 Å². The third kappa shape index (κ3) is 5.19. The number of hydrogen-bond donors (Lipinski definition) is 3. The zero-order valence-corrected chi connectivity index (χ0v) is 22.0. The monoisotopic (exact) mass is 559 g/mol. The molecule has 0 radical (unpaired) electrons. The molecule has 3 fully saturated rings. The van der Waals surface area contributed by atoms with E-state index in [2.05, 4.69) is 20.6 Å². The van der Waals surface area contributed by atoms with Crippen LogP contribution in [-0.4, -0.2) is 73.9 Å². The number of aliphatic hydroxyl groups excluding tert-OH is 1. The summed E-state index contributed by atoms with van der Waals surface area (Å²) >= 11 is 0. The average molecular weight is 560 g/mol. The van der Waals surface area contributed by atoms with Crippen molar-refractivity contribution in [3.63, 3.8) is 0 Å². The third-order valence-electron chi connectivity index (χ3n) is 8.22. The van der Waals surface area contributed by atoms with E-state index in [1.54, 1.807) is 6.20 Å². The minimum atomic E-state index is -1.08. The Bertz CT molecular complexity index is 1370. The highest BCUT2D eigenvalue weighted by Gasteiger charge is 2.36. The van der Waals surface area contributed by atoms with Gasteiger partial charge in [-0.2, -0.15) is 4.98 Å². The number of aromatic nitrogens is 4. The smallest absolute Gasteiger partial charge is 0.226 e. The number of benzene rings is 1. The van der Waals surface area contributed by atoms with E-state index in [1.807, 2.05) is 9.47 Å². The van der Waals surface area contributed by atoms with Gasteiger partial charge in [0, 0.05) is 37.2 Å². The van der Waals surface area contributed by atoms with Crippen molar-refractivity contribution in [1.82, 2.24) is 24.4 Å². The number of carbonyl (C=O) groups excluding carboxylic acids is 1. The number of hydrogen-bond acceptors (Lipinski definition) is 8. The number of ether oxygens (including phenoxy) is 1. The number of imidazole rings is 1. The Morgan fingerprint density at radius 3 is 2.55 bits per heavy atom. The fraction of sp³-hybridized carbons (Fsp3) is 0.556. The first-order valence-corrected chi connectivity index (χ1v) is 13.8. The molecule has 3 aromatic rings. The number of likely N-dealkylation sites (tertiary alicyclic amines) is 1. The second-order valence-electron chi connectivity index (χ2n) is 10.8. The van der Waals surface area contributed by atoms with Crippen molar-refractivity contribution in [2.75, 3.05) is 37.0 Å². The zero-order valence-electron chi connectivity index (χ0n) is 22.0. The predicted molar refractivity (Wildman–Crippen MR) is 141 cm³/mol. The molecule has 40 heavy (non-hydrogen) atoms. The summed E-state index contributed by atoms with van der Waals surface area (Å²) in [5.74, 6) is -2.71. The first-order valence-electron chi connectivity index (χ1n) is 13.8. The lowest BCUT2D eigenvalue weighted by molar-refractivity contribution is -0.138. The van der Waals surface area contributed by atoms with Gasteiger partial charge in [-0.15, -0.1) is 0 Å². The van der Waals surface area contributed by atoms with Gasteiger partial charge in [0.1, 0.15) is 17.0 Å². The number of aliphatic hydroxyl groups is 1. The molecule has 4 heterocycles. The minimum Gasteiger partial charge on any atom is -0.394 e. The Morgan fingerprint density at radius 2 is 1.85 bits per heavy atom. The first-order chi connectivity index (χ1) is 19.4. The molecule has 2 aromatic heterocycles. The molecule has 2 aliphatic heterocycles. The van der Waals surface area contributed by atoms with Gasteiger partial charge in [-0.1, -0.05) is 0 Å². The second kappa shape index (κ2) is 11.2. The summed E-state index contributed by atoms with van der Waals surface area (Å²) < 4.78 is 49.9. The van der Waals surface area contributed by atoms with Crippen molar-refractivity contribution >= 4 is 34.7 Å². The number of fused-ring (bicyclic) bond motifs is 1. The maximum atomic E-state index is 14.6. The van der Waals surface area contributed by atoms with Crippen molar-refractivity contribution < 1.29 is 27.8 Å². The van der Waals surface area contributed by atoms with E-state index in [1.165, 1.54) is 0 Å². The van der Waals surface area contributed by atoms with Gasteiger partial charge in [0.25, 0.3) is 0 Å². The molecule has 10 nitrogen and oxygen atoms in total. The van der Waals surface area contributed by atoms with Gasteiger partial charge >= 0.3 is 0 Å². The minimum absolute atomic E-state index is 0.0311. The molecule has 1 aromatic carbocycles. The molecule has 214 valence electrons. The first kappa shape index (κ1) is 26.8. The van der Waals surface area contributed by atoms with Crippen LogP contribution in [0, 0.1) is 23.4 Å². The molecule has 0 bridgehead atoms. The molecule has 0 spiro atoms. The number of anilines is 3. The lowest BCUT2D eigenvalue weighted by atomic mass is 9.85. The molecule has 1 saturated carbocycles. The number of halogens is 3. The topological polar surface area (TPSA) is 117 Å². The van der Waals surface area contributed by atoms with Gasteiger partial charge < -0.3 is 25.4 Å². The van der Waals surface area contributed by atoms with E-state index in [4.69, 9.17) is 9.72 Å². The summed E-state index contributed by atoms with van der Waals surface area (Å²) in [7, 11) is 0. The molecule has 1 amide bonds. The van der Waals surface area contributed by atoms with Crippen molar-refractivity contribution in [3.8, 4) is 0 Å². The highest BCUT2D eigenvalue weighted by molar-refractivity contribution is 5.80. The molecular weight excluding hydrogens is 527 g/mol. The van der Waals surface area contributed by atoms with Crippen LogP contribution in [0.2, 0.25) is 0 Å². The van der Waals surface area contributed by atoms with Gasteiger partial charge in [-0.25, -0.2) is 23.1 Å². The molecule has 0 unspecified atom stereocenters. The van der Waals surface area contributed by atoms with Crippen LogP contribution in [0.1, 0.15) is 51.0 Å². The van der Waals surface area contributed by atoms with Gasteiger partial charge in [-0.3, -0.25) is 9.36 Å². The summed E-state index contributed by atoms with van der Waals surface area (Å²) in [5, 5.41) is 15.7. The van der Waals surface area contributed by atoms with Crippen LogP contribution in [0.3, 0.4) is 0 Å². The Balaban J connectivity index is 1.30. The number of amides is 1. The largest absolute Gasteiger partial charge is 0.394 e. The molecule has 3 aliphatic rings. The van der Waals surface area contributed by atoms with Crippen LogP contribution in [0.15, 0.2) is 18.3 Å². The number of rotatable bonds is 7. The van der Waals surface area contributed by atoms with E-state index < -0.39 is 23.1 Å². The maximum absolute atomic E-state index is 14.6. The van der Waals surface area contributed by atoms with Crippen molar-refractivity contribution in [2.45, 2.75) is 63.1 Å². The SMILES string of the molecule is O=C(C1CCC(n2c(Nc3c(F)cc(F)cc3F)nc3cnc(N[C@H]4CCOC4)nc32)CC1)N1CCC[C@H]1CO. The van der Waals surface area contributed by atoms with Gasteiger partial charge in [0.05, 0.1) is 31.5 Å². The average Bonchev–Trinajstić information content (AvgIpc) is 3.70. The number of nitrogens with zero attached hydrogens (tertiary/aromatic N) is 5. The van der Waals surface area contributed by atoms with Crippen molar-refractivity contribution in [2.24, 2.45) is 5.92 Å². The normalized spacial score (nSPS) is 25.1. The third-order valence-corrected chi connectivity index (χ3v) is 8.22. The van der Waals surface area contributed by atoms with E-state index >= 15 is 0 Å². The van der Waals surface area contributed by atoms with Gasteiger partial charge in [0.2, 0.25) is 17.8 Å². The maximum Gasteiger partial charge on any atom is 0.226 e. The van der Waals surface area contributed by atoms with E-state index in [0.29, 0.717) is 74.7 Å². The Kier molecular flexibility index (Phi) is 7.49. The van der Waals surface area contributed by atoms with Crippen LogP contribution in [-0.2, 0) is 9.53 Å². The van der Waals surface area contributed by atoms with Gasteiger partial charge in [0.15, 0.2) is 17.3 Å². The van der Waals surface area contributed by atoms with Crippen LogP contribution in [0.25, 0.3) is 11.2 Å². The Morgan fingerprint density at radius 1 is 1.07 bits per heavy atom. The standard InChI is InChI=1S/C27H32F3N7O3/c28-16-10-20(29)23(21(30)11-16)34-27-33-22-12-31-26(32-17-7-9-40-14-17)35-24(22)37(27)18-5-3-15(4-6-18)25(39)36-8-1-2-19(36)13-38/h10-12,15,17-19,38H,1-9,13-14H2,(H,33,34)(H,31,32,35)/t15?,17-,18?,19-/m0/s1. The van der Waals surface area contributed by atoms with Crippen molar-refractivity contribution in [1.29, 1.82) is 0 Å². The van der Waals surface area contributed by atoms with Crippen molar-refractivity contribution in [3.05, 3.63) is 35.8 Å². The summed E-state index contributed by atoms with van der Waals surface area (Å²) in [6, 6.07) is 1.01. The number of carbonyl (C=O) groups is 1. The highest BCUT2D eigenvalue weighted by Crippen LogP contribution is 2.39.